The summed E-state index contributed by atoms with van der Waals surface area (Å²) >= 11 is 0. The van der Waals surface area contributed by atoms with Crippen LogP contribution in [0.3, 0.4) is 0 Å². The van der Waals surface area contributed by atoms with Crippen molar-refractivity contribution in [1.29, 1.82) is 0 Å². The van der Waals surface area contributed by atoms with Crippen LogP contribution in [0.5, 0.6) is 0 Å². The number of nitrogen functional groups attached to an aromatic ring is 1. The zero-order chi connectivity index (χ0) is 13.1. The number of aromatic nitrogens is 4. The molecule has 2 rings (SSSR count). The summed E-state index contributed by atoms with van der Waals surface area (Å²) in [5.41, 5.74) is 8.14. The van der Waals surface area contributed by atoms with Crippen LogP contribution in [0.25, 0.3) is 0 Å². The highest BCUT2D eigenvalue weighted by atomic mass is 16.1. The maximum absolute atomic E-state index is 11.8. The number of nitrogens with two attached hydrogens (primary N) is 1. The first-order valence-corrected chi connectivity index (χ1v) is 5.64. The molecule has 2 heterocycles. The third-order valence-electron chi connectivity index (χ3n) is 2.67. The third kappa shape index (κ3) is 2.50. The molecule has 18 heavy (non-hydrogen) atoms. The first-order chi connectivity index (χ1) is 8.58. The Kier molecular flexibility index (Phi) is 3.31. The zero-order valence-electron chi connectivity index (χ0n) is 10.4. The summed E-state index contributed by atoms with van der Waals surface area (Å²) in [5.74, 6) is -0.263. The van der Waals surface area contributed by atoms with Crippen LogP contribution in [-0.2, 0) is 13.5 Å². The fourth-order valence-corrected chi connectivity index (χ4v) is 1.62. The van der Waals surface area contributed by atoms with Gasteiger partial charge in [0, 0.05) is 19.8 Å². The van der Waals surface area contributed by atoms with E-state index in [1.807, 2.05) is 13.2 Å². The minimum Gasteiger partial charge on any atom is -0.395 e. The van der Waals surface area contributed by atoms with Crippen molar-refractivity contribution in [3.63, 3.8) is 0 Å². The fourth-order valence-electron chi connectivity index (χ4n) is 1.62. The SMILES string of the molecule is Cc1[nH]nc(C(=O)NCCc2cnn(C)c2)c1N. The molecule has 2 aromatic heterocycles. The predicted octanol–water partition coefficient (Wildman–Crippen LogP) is 0.00632. The van der Waals surface area contributed by atoms with Crippen LogP contribution in [0, 0.1) is 6.92 Å². The summed E-state index contributed by atoms with van der Waals surface area (Å²) in [7, 11) is 1.86. The van der Waals surface area contributed by atoms with Gasteiger partial charge in [0.05, 0.1) is 17.6 Å². The molecular formula is C11H16N6O. The molecule has 0 aromatic carbocycles. The van der Waals surface area contributed by atoms with Crippen LogP contribution in [-0.4, -0.2) is 32.4 Å². The maximum Gasteiger partial charge on any atom is 0.273 e. The number of carbonyl (C=O) groups excluding carboxylic acids is 1. The molecule has 0 unspecified atom stereocenters. The molecule has 4 N–H and O–H groups in total. The number of anilines is 1. The molecule has 0 radical (unpaired) electrons. The first kappa shape index (κ1) is 12.2. The van der Waals surface area contributed by atoms with E-state index in [-0.39, 0.29) is 11.6 Å². The molecule has 0 aliphatic carbocycles. The van der Waals surface area contributed by atoms with Gasteiger partial charge in [-0.2, -0.15) is 10.2 Å². The molecule has 1 amide bonds. The molecule has 0 saturated heterocycles. The van der Waals surface area contributed by atoms with Gasteiger partial charge < -0.3 is 11.1 Å². The third-order valence-corrected chi connectivity index (χ3v) is 2.67. The van der Waals surface area contributed by atoms with Gasteiger partial charge in [0.1, 0.15) is 0 Å². The second-order valence-corrected chi connectivity index (χ2v) is 4.14. The fraction of sp³-hybridized carbons (Fsp3) is 0.364. The van der Waals surface area contributed by atoms with Gasteiger partial charge in [-0.25, -0.2) is 0 Å². The highest BCUT2D eigenvalue weighted by molar-refractivity contribution is 5.97. The lowest BCUT2D eigenvalue weighted by Crippen LogP contribution is -2.26. The highest BCUT2D eigenvalue weighted by Gasteiger charge is 2.14. The Morgan fingerprint density at radius 1 is 1.61 bits per heavy atom. The van der Waals surface area contributed by atoms with Gasteiger partial charge in [0.2, 0.25) is 0 Å². The average molecular weight is 248 g/mol. The van der Waals surface area contributed by atoms with Crippen molar-refractivity contribution < 1.29 is 4.79 Å². The van der Waals surface area contributed by atoms with Crippen LogP contribution in [0.2, 0.25) is 0 Å². The Labute approximate surface area is 104 Å². The molecule has 96 valence electrons. The van der Waals surface area contributed by atoms with Crippen LogP contribution < -0.4 is 11.1 Å². The molecule has 7 heteroatoms. The van der Waals surface area contributed by atoms with E-state index >= 15 is 0 Å². The van der Waals surface area contributed by atoms with Gasteiger partial charge in [-0.3, -0.25) is 14.6 Å². The van der Waals surface area contributed by atoms with Crippen LogP contribution in [0.4, 0.5) is 5.69 Å². The molecule has 2 aromatic rings. The van der Waals surface area contributed by atoms with Crippen molar-refractivity contribution in [2.45, 2.75) is 13.3 Å². The lowest BCUT2D eigenvalue weighted by Gasteiger charge is -2.02. The normalized spacial score (nSPS) is 10.6. The minimum atomic E-state index is -0.263. The summed E-state index contributed by atoms with van der Waals surface area (Å²) < 4.78 is 1.73. The van der Waals surface area contributed by atoms with E-state index in [0.29, 0.717) is 17.9 Å². The average Bonchev–Trinajstić information content (AvgIpc) is 2.87. The van der Waals surface area contributed by atoms with E-state index < -0.39 is 0 Å². The van der Waals surface area contributed by atoms with Crippen molar-refractivity contribution in [2.75, 3.05) is 12.3 Å². The molecule has 0 fully saturated rings. The van der Waals surface area contributed by atoms with E-state index in [1.54, 1.807) is 17.8 Å². The van der Waals surface area contributed by atoms with Crippen LogP contribution in [0.1, 0.15) is 21.7 Å². The number of hydrogen-bond donors (Lipinski definition) is 3. The topological polar surface area (TPSA) is 102 Å². The highest BCUT2D eigenvalue weighted by Crippen LogP contribution is 2.11. The number of nitrogens with one attached hydrogen (secondary N) is 2. The Morgan fingerprint density at radius 2 is 2.39 bits per heavy atom. The summed E-state index contributed by atoms with van der Waals surface area (Å²) in [4.78, 5) is 11.8. The summed E-state index contributed by atoms with van der Waals surface area (Å²) in [5, 5.41) is 13.4. The number of nitrogens with zero attached hydrogens (tertiary/aromatic N) is 3. The van der Waals surface area contributed by atoms with Crippen LogP contribution in [0.15, 0.2) is 12.4 Å². The van der Waals surface area contributed by atoms with Gasteiger partial charge in [0.15, 0.2) is 5.69 Å². The number of carbonyl (C=O) groups is 1. The monoisotopic (exact) mass is 248 g/mol. The summed E-state index contributed by atoms with van der Waals surface area (Å²) in [6, 6.07) is 0. The van der Waals surface area contributed by atoms with Crippen molar-refractivity contribution in [3.05, 3.63) is 29.3 Å². The van der Waals surface area contributed by atoms with Crippen molar-refractivity contribution in [1.82, 2.24) is 25.3 Å². The van der Waals surface area contributed by atoms with Gasteiger partial charge in [-0.05, 0) is 18.9 Å². The van der Waals surface area contributed by atoms with E-state index in [9.17, 15) is 4.79 Å². The molecule has 0 aliphatic rings. The van der Waals surface area contributed by atoms with E-state index in [0.717, 1.165) is 12.0 Å². The lowest BCUT2D eigenvalue weighted by molar-refractivity contribution is 0.0950. The zero-order valence-corrected chi connectivity index (χ0v) is 10.4. The molecule has 0 aliphatic heterocycles. The first-order valence-electron chi connectivity index (χ1n) is 5.64. The largest absolute Gasteiger partial charge is 0.395 e. The smallest absolute Gasteiger partial charge is 0.273 e. The maximum atomic E-state index is 11.8. The lowest BCUT2D eigenvalue weighted by atomic mass is 10.2. The molecular weight excluding hydrogens is 232 g/mol. The molecule has 0 saturated carbocycles. The van der Waals surface area contributed by atoms with E-state index in [2.05, 4.69) is 20.6 Å². The predicted molar refractivity (Wildman–Crippen MR) is 67.0 cm³/mol. The number of aryl methyl sites for hydroxylation is 2. The Hall–Kier alpha value is -2.31. The van der Waals surface area contributed by atoms with E-state index in [4.69, 9.17) is 5.73 Å². The molecule has 0 bridgehead atoms. The number of rotatable bonds is 4. The van der Waals surface area contributed by atoms with Gasteiger partial charge >= 0.3 is 0 Å². The number of aromatic amines is 1. The van der Waals surface area contributed by atoms with Gasteiger partial charge in [-0.15, -0.1) is 0 Å². The number of hydrogen-bond acceptors (Lipinski definition) is 4. The molecule has 0 atom stereocenters. The second kappa shape index (κ2) is 4.91. The van der Waals surface area contributed by atoms with Crippen LogP contribution >= 0.6 is 0 Å². The van der Waals surface area contributed by atoms with Gasteiger partial charge in [-0.1, -0.05) is 0 Å². The quantitative estimate of drug-likeness (QED) is 0.709. The van der Waals surface area contributed by atoms with Gasteiger partial charge in [0.25, 0.3) is 5.91 Å². The van der Waals surface area contributed by atoms with Crippen molar-refractivity contribution in [2.24, 2.45) is 7.05 Å². The van der Waals surface area contributed by atoms with Crippen molar-refractivity contribution in [3.8, 4) is 0 Å². The summed E-state index contributed by atoms with van der Waals surface area (Å²) in [6.07, 6.45) is 4.42. The molecule has 7 nitrogen and oxygen atoms in total. The number of H-pyrrole nitrogens is 1. The standard InChI is InChI=1S/C11H16N6O/c1-7-9(12)10(16-15-7)11(18)13-4-3-8-5-14-17(2)6-8/h5-6H,3-4,12H2,1-2H3,(H,13,18)(H,15,16). The Balaban J connectivity index is 1.87. The number of amides is 1. The minimum absolute atomic E-state index is 0.249. The molecule has 0 spiro atoms. The second-order valence-electron chi connectivity index (χ2n) is 4.14. The Morgan fingerprint density at radius 3 is 2.94 bits per heavy atom. The van der Waals surface area contributed by atoms with E-state index in [1.165, 1.54) is 0 Å². The summed E-state index contributed by atoms with van der Waals surface area (Å²) in [6.45, 7) is 2.30. The Bertz CT molecular complexity index is 556. The van der Waals surface area contributed by atoms with Crippen molar-refractivity contribution >= 4 is 11.6 Å².